The maximum Gasteiger partial charge on any atom is 0.221 e. The van der Waals surface area contributed by atoms with E-state index >= 15 is 0 Å². The molecular weight excluding hydrogens is 480 g/mol. The molecule has 0 amide bonds. The molecule has 0 unspecified atom stereocenters. The molecule has 0 spiro atoms. The van der Waals surface area contributed by atoms with Crippen molar-refractivity contribution in [3.05, 3.63) is 121 Å². The zero-order valence-corrected chi connectivity index (χ0v) is 20.7. The van der Waals surface area contributed by atoms with Crippen molar-refractivity contribution in [3.63, 3.8) is 0 Å². The Bertz CT molecular complexity index is 2240. The first-order valence-corrected chi connectivity index (χ1v) is 13.0. The number of rotatable bonds is 2. The predicted molar refractivity (Wildman–Crippen MR) is 156 cm³/mol. The second-order valence-electron chi connectivity index (χ2n) is 9.79. The van der Waals surface area contributed by atoms with Crippen LogP contribution in [0.25, 0.3) is 55.7 Å². The fourth-order valence-electron chi connectivity index (χ4n) is 5.97. The van der Waals surface area contributed by atoms with Crippen molar-refractivity contribution in [2.75, 3.05) is 4.90 Å². The van der Waals surface area contributed by atoms with Crippen LogP contribution in [-0.2, 0) is 0 Å². The average Bonchev–Trinajstić information content (AvgIpc) is 3.58. The maximum absolute atomic E-state index is 5.29. The van der Waals surface area contributed by atoms with E-state index in [2.05, 4.69) is 111 Å². The lowest BCUT2D eigenvalue weighted by Gasteiger charge is -2.32. The van der Waals surface area contributed by atoms with Gasteiger partial charge >= 0.3 is 0 Å². The monoisotopic (exact) mass is 500 g/mol. The van der Waals surface area contributed by atoms with E-state index in [1.807, 2.05) is 24.3 Å². The molecule has 182 valence electrons. The molecule has 0 atom stereocenters. The number of anilines is 3. The molecule has 0 saturated heterocycles. The van der Waals surface area contributed by atoms with Gasteiger partial charge in [0.15, 0.2) is 0 Å². The summed E-state index contributed by atoms with van der Waals surface area (Å²) in [5, 5.41) is 1.03. The summed E-state index contributed by atoms with van der Waals surface area (Å²) >= 11 is 0. The van der Waals surface area contributed by atoms with Crippen LogP contribution in [0, 0.1) is 0 Å². The Morgan fingerprint density at radius 3 is 2.08 bits per heavy atom. The molecular formula is C33H20N6. The molecule has 8 aromatic rings. The average molecular weight is 501 g/mol. The number of nitrogens with zero attached hydrogens (tertiary/aromatic N) is 6. The van der Waals surface area contributed by atoms with Crippen molar-refractivity contribution in [2.24, 2.45) is 0 Å². The molecule has 0 N–H and O–H groups in total. The first-order chi connectivity index (χ1) is 19.4. The van der Waals surface area contributed by atoms with Gasteiger partial charge in [-0.2, -0.15) is 0 Å². The summed E-state index contributed by atoms with van der Waals surface area (Å²) in [5.41, 5.74) is 9.97. The van der Waals surface area contributed by atoms with Crippen LogP contribution in [0.15, 0.2) is 121 Å². The topological polar surface area (TPSA) is 51.2 Å². The van der Waals surface area contributed by atoms with E-state index in [0.717, 1.165) is 73.0 Å². The summed E-state index contributed by atoms with van der Waals surface area (Å²) in [7, 11) is 0. The molecule has 4 heterocycles. The highest BCUT2D eigenvalue weighted by Crippen LogP contribution is 2.48. The molecule has 0 aliphatic carbocycles. The SMILES string of the molecule is c1ccc(-c2nc3cccc4c3n2-c2ccccc2N4c2nc3ccccc3c3nc4ccccc4n23)cc1. The Morgan fingerprint density at radius 2 is 1.18 bits per heavy atom. The van der Waals surface area contributed by atoms with E-state index in [-0.39, 0.29) is 0 Å². The largest absolute Gasteiger partial charge is 0.288 e. The summed E-state index contributed by atoms with van der Waals surface area (Å²) in [6, 6.07) is 41.7. The van der Waals surface area contributed by atoms with Gasteiger partial charge < -0.3 is 0 Å². The van der Waals surface area contributed by atoms with Gasteiger partial charge in [-0.15, -0.1) is 0 Å². The van der Waals surface area contributed by atoms with E-state index < -0.39 is 0 Å². The third kappa shape index (κ3) is 2.72. The predicted octanol–water partition coefficient (Wildman–Crippen LogP) is 7.82. The Hall–Kier alpha value is -5.49. The minimum atomic E-state index is 0.797. The standard InChI is InChI=1S/C33H20N6/c1-2-11-21(12-3-1)31-35-25-16-10-20-29-30(25)38(31)28-19-9-8-18-27(28)37(29)33-36-23-14-5-4-13-22(23)32-34-24-15-6-7-17-26(24)39(32)33/h1-20H. The smallest absolute Gasteiger partial charge is 0.221 e. The van der Waals surface area contributed by atoms with Gasteiger partial charge in [0, 0.05) is 10.9 Å². The summed E-state index contributed by atoms with van der Waals surface area (Å²) in [5.74, 6) is 1.72. The minimum absolute atomic E-state index is 0.797. The van der Waals surface area contributed by atoms with Gasteiger partial charge in [-0.05, 0) is 48.5 Å². The molecule has 1 aliphatic heterocycles. The number of hydrogen-bond donors (Lipinski definition) is 0. The molecule has 6 nitrogen and oxygen atoms in total. The Morgan fingerprint density at radius 1 is 0.487 bits per heavy atom. The Kier molecular flexibility index (Phi) is 3.96. The fourth-order valence-corrected chi connectivity index (χ4v) is 5.97. The Balaban J connectivity index is 1.45. The van der Waals surface area contributed by atoms with Crippen molar-refractivity contribution in [3.8, 4) is 17.1 Å². The lowest BCUT2D eigenvalue weighted by Crippen LogP contribution is -2.21. The highest BCUT2D eigenvalue weighted by Gasteiger charge is 2.31. The molecule has 39 heavy (non-hydrogen) atoms. The molecule has 5 aromatic carbocycles. The molecule has 3 aromatic heterocycles. The molecule has 0 saturated carbocycles. The zero-order chi connectivity index (χ0) is 25.5. The van der Waals surface area contributed by atoms with Crippen molar-refractivity contribution in [2.45, 2.75) is 0 Å². The van der Waals surface area contributed by atoms with Crippen molar-refractivity contribution in [1.82, 2.24) is 23.9 Å². The number of aromatic nitrogens is 5. The normalized spacial score (nSPS) is 12.6. The lowest BCUT2D eigenvalue weighted by atomic mass is 10.1. The third-order valence-corrected chi connectivity index (χ3v) is 7.62. The number of para-hydroxylation sites is 6. The third-order valence-electron chi connectivity index (χ3n) is 7.62. The second kappa shape index (κ2) is 7.52. The fraction of sp³-hybridized carbons (Fsp3) is 0. The molecule has 0 bridgehead atoms. The summed E-state index contributed by atoms with van der Waals surface area (Å²) < 4.78 is 4.48. The lowest BCUT2D eigenvalue weighted by molar-refractivity contribution is 1.02. The number of fused-ring (bicyclic) bond motifs is 7. The number of benzene rings is 5. The molecule has 9 rings (SSSR count). The van der Waals surface area contributed by atoms with Crippen molar-refractivity contribution >= 4 is 55.9 Å². The van der Waals surface area contributed by atoms with Gasteiger partial charge in [-0.3, -0.25) is 13.9 Å². The van der Waals surface area contributed by atoms with Crippen LogP contribution in [-0.4, -0.2) is 23.9 Å². The van der Waals surface area contributed by atoms with Crippen LogP contribution in [0.2, 0.25) is 0 Å². The molecule has 1 aliphatic rings. The highest BCUT2D eigenvalue weighted by molar-refractivity contribution is 6.04. The van der Waals surface area contributed by atoms with E-state index in [9.17, 15) is 0 Å². The quantitative estimate of drug-likeness (QED) is 0.243. The zero-order valence-electron chi connectivity index (χ0n) is 20.7. The van der Waals surface area contributed by atoms with Crippen LogP contribution in [0.4, 0.5) is 17.3 Å². The van der Waals surface area contributed by atoms with E-state index in [1.54, 1.807) is 0 Å². The number of imidazole rings is 2. The van der Waals surface area contributed by atoms with E-state index in [0.29, 0.717) is 0 Å². The first-order valence-electron chi connectivity index (χ1n) is 13.0. The van der Waals surface area contributed by atoms with Crippen molar-refractivity contribution in [1.29, 1.82) is 0 Å². The second-order valence-corrected chi connectivity index (χ2v) is 9.79. The van der Waals surface area contributed by atoms with Crippen LogP contribution >= 0.6 is 0 Å². The molecule has 0 fully saturated rings. The van der Waals surface area contributed by atoms with Gasteiger partial charge in [-0.1, -0.05) is 72.8 Å². The summed E-state index contributed by atoms with van der Waals surface area (Å²) in [6.07, 6.45) is 0. The Labute approximate surface area is 223 Å². The van der Waals surface area contributed by atoms with E-state index in [4.69, 9.17) is 15.0 Å². The van der Waals surface area contributed by atoms with Crippen LogP contribution in [0.1, 0.15) is 0 Å². The first kappa shape index (κ1) is 20.6. The van der Waals surface area contributed by atoms with Gasteiger partial charge in [0.25, 0.3) is 0 Å². The minimum Gasteiger partial charge on any atom is -0.288 e. The van der Waals surface area contributed by atoms with Crippen LogP contribution in [0.3, 0.4) is 0 Å². The van der Waals surface area contributed by atoms with E-state index in [1.165, 1.54) is 0 Å². The van der Waals surface area contributed by atoms with Gasteiger partial charge in [0.2, 0.25) is 5.95 Å². The summed E-state index contributed by atoms with van der Waals surface area (Å²) in [4.78, 5) is 17.8. The van der Waals surface area contributed by atoms with Crippen molar-refractivity contribution < 1.29 is 0 Å². The molecule has 0 radical (unpaired) electrons. The highest BCUT2D eigenvalue weighted by atomic mass is 15.3. The van der Waals surface area contributed by atoms with Gasteiger partial charge in [-0.25, -0.2) is 15.0 Å². The van der Waals surface area contributed by atoms with Gasteiger partial charge in [0.05, 0.1) is 44.6 Å². The molecule has 6 heteroatoms. The maximum atomic E-state index is 5.29. The van der Waals surface area contributed by atoms with Gasteiger partial charge in [0.1, 0.15) is 11.5 Å². The van der Waals surface area contributed by atoms with Crippen LogP contribution in [0.5, 0.6) is 0 Å². The summed E-state index contributed by atoms with van der Waals surface area (Å²) in [6.45, 7) is 0. The number of hydrogen-bond acceptors (Lipinski definition) is 4. The van der Waals surface area contributed by atoms with Crippen LogP contribution < -0.4 is 4.90 Å².